The summed E-state index contributed by atoms with van der Waals surface area (Å²) in [6, 6.07) is 7.74. The number of rotatable bonds is 6. The highest BCUT2D eigenvalue weighted by Gasteiger charge is 2.35. The zero-order valence-corrected chi connectivity index (χ0v) is 17.2. The van der Waals surface area contributed by atoms with Crippen LogP contribution in [-0.4, -0.2) is 51.5 Å². The molecule has 2 N–H and O–H groups in total. The van der Waals surface area contributed by atoms with E-state index in [0.717, 1.165) is 16.2 Å². The highest BCUT2D eigenvalue weighted by Crippen LogP contribution is 2.26. The molecule has 152 valence electrons. The van der Waals surface area contributed by atoms with E-state index in [2.05, 4.69) is 4.85 Å². The minimum atomic E-state index is -3.86. The standard InChI is InChI=1S/C20H22N4O4S/c1-14-17(7-5-6-15-8-10-16(11-9-15)23(3)4)19(25)24(12-13-29(21,27)28)20(26)18(14)22-2/h5-11H,12-13H2,1,3-4H3,(H2,21,27,28)/b6-5+,17-7+. The second-order valence-electron chi connectivity index (χ2n) is 6.64. The number of hydrogen-bond acceptors (Lipinski definition) is 5. The van der Waals surface area contributed by atoms with Crippen LogP contribution >= 0.6 is 0 Å². The van der Waals surface area contributed by atoms with Gasteiger partial charge in [0.2, 0.25) is 10.0 Å². The summed E-state index contributed by atoms with van der Waals surface area (Å²) in [4.78, 5) is 31.0. The third kappa shape index (κ3) is 5.40. The summed E-state index contributed by atoms with van der Waals surface area (Å²) in [6.45, 7) is 8.35. The van der Waals surface area contributed by atoms with Gasteiger partial charge in [0.1, 0.15) is 0 Å². The summed E-state index contributed by atoms with van der Waals surface area (Å²) in [7, 11) is 0.0180. The Morgan fingerprint density at radius 2 is 1.79 bits per heavy atom. The van der Waals surface area contributed by atoms with Crippen LogP contribution in [0.2, 0.25) is 0 Å². The lowest BCUT2D eigenvalue weighted by atomic mass is 9.98. The Labute approximate surface area is 170 Å². The van der Waals surface area contributed by atoms with Crippen molar-refractivity contribution in [1.82, 2.24) is 4.90 Å². The summed E-state index contributed by atoms with van der Waals surface area (Å²) in [5.41, 5.74) is 2.16. The predicted molar refractivity (Wildman–Crippen MR) is 112 cm³/mol. The maximum atomic E-state index is 12.7. The van der Waals surface area contributed by atoms with Crippen molar-refractivity contribution in [2.75, 3.05) is 31.3 Å². The average molecular weight is 414 g/mol. The molecule has 0 unspecified atom stereocenters. The van der Waals surface area contributed by atoms with Gasteiger partial charge in [0.25, 0.3) is 17.5 Å². The Morgan fingerprint density at radius 3 is 2.31 bits per heavy atom. The highest BCUT2D eigenvalue weighted by atomic mass is 32.2. The highest BCUT2D eigenvalue weighted by molar-refractivity contribution is 7.89. The van der Waals surface area contributed by atoms with E-state index < -0.39 is 34.1 Å². The summed E-state index contributed by atoms with van der Waals surface area (Å²) < 4.78 is 22.4. The smallest absolute Gasteiger partial charge is 0.260 e. The van der Waals surface area contributed by atoms with Gasteiger partial charge in [-0.3, -0.25) is 14.5 Å². The number of sulfonamides is 1. The Balaban J connectivity index is 2.33. The van der Waals surface area contributed by atoms with Crippen molar-refractivity contribution in [2.45, 2.75) is 6.92 Å². The molecule has 0 aliphatic carbocycles. The van der Waals surface area contributed by atoms with E-state index in [0.29, 0.717) is 0 Å². The van der Waals surface area contributed by atoms with Crippen LogP contribution in [0.4, 0.5) is 5.69 Å². The quantitative estimate of drug-likeness (QED) is 0.432. The molecule has 0 fully saturated rings. The van der Waals surface area contributed by atoms with E-state index in [4.69, 9.17) is 11.7 Å². The van der Waals surface area contributed by atoms with Crippen molar-refractivity contribution < 1.29 is 18.0 Å². The molecule has 0 saturated heterocycles. The predicted octanol–water partition coefficient (Wildman–Crippen LogP) is 1.54. The molecule has 1 aliphatic heterocycles. The first-order chi connectivity index (χ1) is 13.5. The SMILES string of the molecule is [C-]#[N+]C1=C(C)/C(=C\C=C\c2ccc(N(C)C)cc2)C(=O)N(CCS(N)(=O)=O)C1=O. The number of allylic oxidation sites excluding steroid dienone is 2. The van der Waals surface area contributed by atoms with Crippen molar-refractivity contribution in [3.05, 3.63) is 70.2 Å². The Morgan fingerprint density at radius 1 is 1.17 bits per heavy atom. The molecule has 0 radical (unpaired) electrons. The minimum Gasteiger partial charge on any atom is -0.378 e. The Bertz CT molecular complexity index is 1060. The van der Waals surface area contributed by atoms with Gasteiger partial charge < -0.3 is 4.90 Å². The number of benzene rings is 1. The maximum absolute atomic E-state index is 12.7. The molecule has 2 amide bonds. The van der Waals surface area contributed by atoms with Crippen molar-refractivity contribution >= 4 is 33.6 Å². The largest absolute Gasteiger partial charge is 0.378 e. The molecule has 1 aliphatic rings. The molecular formula is C20H22N4O4S. The number of carbonyl (C=O) groups excluding carboxylic acids is 2. The van der Waals surface area contributed by atoms with Crippen molar-refractivity contribution in [2.24, 2.45) is 5.14 Å². The molecule has 0 atom stereocenters. The molecular weight excluding hydrogens is 392 g/mol. The number of carbonyl (C=O) groups is 2. The number of primary sulfonamides is 1. The fourth-order valence-electron chi connectivity index (χ4n) is 2.70. The molecule has 0 spiro atoms. The second kappa shape index (κ2) is 8.86. The number of anilines is 1. The van der Waals surface area contributed by atoms with Crippen LogP contribution in [0.3, 0.4) is 0 Å². The number of nitrogens with two attached hydrogens (primary N) is 1. The van der Waals surface area contributed by atoms with Gasteiger partial charge in [0, 0.05) is 31.9 Å². The number of amides is 2. The van der Waals surface area contributed by atoms with Crippen LogP contribution in [0.15, 0.2) is 53.3 Å². The molecule has 1 aromatic carbocycles. The van der Waals surface area contributed by atoms with E-state index in [9.17, 15) is 18.0 Å². The normalized spacial score (nSPS) is 16.7. The first-order valence-electron chi connectivity index (χ1n) is 8.66. The molecule has 1 heterocycles. The molecule has 0 aromatic heterocycles. The van der Waals surface area contributed by atoms with Crippen molar-refractivity contribution in [3.63, 3.8) is 0 Å². The van der Waals surface area contributed by atoms with Crippen LogP contribution in [-0.2, 0) is 19.6 Å². The lowest BCUT2D eigenvalue weighted by Crippen LogP contribution is -2.45. The van der Waals surface area contributed by atoms with Crippen LogP contribution in [0.25, 0.3) is 10.9 Å². The van der Waals surface area contributed by atoms with Gasteiger partial charge in [0.05, 0.1) is 12.3 Å². The van der Waals surface area contributed by atoms with Crippen LogP contribution in [0.1, 0.15) is 12.5 Å². The van der Waals surface area contributed by atoms with Crippen LogP contribution in [0.5, 0.6) is 0 Å². The molecule has 1 aromatic rings. The molecule has 0 saturated carbocycles. The summed E-state index contributed by atoms with van der Waals surface area (Å²) in [5, 5.41) is 4.97. The van der Waals surface area contributed by atoms with E-state index in [1.807, 2.05) is 43.3 Å². The maximum Gasteiger partial charge on any atom is 0.260 e. The Kier molecular flexibility index (Phi) is 6.74. The summed E-state index contributed by atoms with van der Waals surface area (Å²) in [5.74, 6) is -2.04. The first kappa shape index (κ1) is 22.1. The van der Waals surface area contributed by atoms with Crippen LogP contribution < -0.4 is 10.0 Å². The Hall–Kier alpha value is -3.22. The molecule has 0 bridgehead atoms. The van der Waals surface area contributed by atoms with Gasteiger partial charge in [0.15, 0.2) is 0 Å². The lowest BCUT2D eigenvalue weighted by molar-refractivity contribution is -0.140. The second-order valence-corrected chi connectivity index (χ2v) is 8.37. The van der Waals surface area contributed by atoms with Gasteiger partial charge in [-0.1, -0.05) is 30.4 Å². The molecule has 9 heteroatoms. The van der Waals surface area contributed by atoms with E-state index in [-0.39, 0.29) is 16.8 Å². The lowest BCUT2D eigenvalue weighted by Gasteiger charge is -2.27. The summed E-state index contributed by atoms with van der Waals surface area (Å²) >= 11 is 0. The van der Waals surface area contributed by atoms with Crippen molar-refractivity contribution in [3.8, 4) is 0 Å². The van der Waals surface area contributed by atoms with E-state index in [1.165, 1.54) is 13.0 Å². The average Bonchev–Trinajstić information content (AvgIpc) is 2.64. The first-order valence-corrected chi connectivity index (χ1v) is 10.4. The third-order valence-electron chi connectivity index (χ3n) is 4.35. The molecule has 2 rings (SSSR count). The molecule has 29 heavy (non-hydrogen) atoms. The van der Waals surface area contributed by atoms with Crippen molar-refractivity contribution in [1.29, 1.82) is 0 Å². The molecule has 8 nitrogen and oxygen atoms in total. The fraction of sp³-hybridized carbons (Fsp3) is 0.250. The number of nitrogens with zero attached hydrogens (tertiary/aromatic N) is 3. The zero-order chi connectivity index (χ0) is 21.8. The topological polar surface area (TPSA) is 105 Å². The fourth-order valence-corrected chi connectivity index (χ4v) is 3.14. The van der Waals surface area contributed by atoms with Gasteiger partial charge >= 0.3 is 0 Å². The van der Waals surface area contributed by atoms with Gasteiger partial charge in [-0.05, 0) is 30.2 Å². The van der Waals surface area contributed by atoms with Crippen LogP contribution in [0, 0.1) is 6.57 Å². The monoisotopic (exact) mass is 414 g/mol. The minimum absolute atomic E-state index is 0.159. The number of hydrogen-bond donors (Lipinski definition) is 1. The van der Waals surface area contributed by atoms with Gasteiger partial charge in [-0.2, -0.15) is 0 Å². The van der Waals surface area contributed by atoms with Gasteiger partial charge in [-0.15, -0.1) is 0 Å². The van der Waals surface area contributed by atoms with E-state index >= 15 is 0 Å². The summed E-state index contributed by atoms with van der Waals surface area (Å²) in [6.07, 6.45) is 4.95. The third-order valence-corrected chi connectivity index (χ3v) is 5.11. The van der Waals surface area contributed by atoms with E-state index in [1.54, 1.807) is 12.2 Å². The number of imide groups is 1. The zero-order valence-electron chi connectivity index (χ0n) is 16.4. The van der Waals surface area contributed by atoms with Gasteiger partial charge in [-0.25, -0.2) is 18.4 Å².